The third-order valence-electron chi connectivity index (χ3n) is 2.97. The maximum Gasteiger partial charge on any atom is 0.322 e. The van der Waals surface area contributed by atoms with Crippen molar-refractivity contribution in [2.75, 3.05) is 7.11 Å². The monoisotopic (exact) mass is 181 g/mol. The van der Waals surface area contributed by atoms with E-state index >= 15 is 0 Å². The van der Waals surface area contributed by atoms with Crippen molar-refractivity contribution >= 4 is 5.97 Å². The van der Waals surface area contributed by atoms with Gasteiger partial charge in [0, 0.05) is 6.04 Å². The third kappa shape index (κ3) is 1.61. The van der Waals surface area contributed by atoms with Crippen LogP contribution in [0, 0.1) is 5.92 Å². The molecule has 1 saturated heterocycles. The van der Waals surface area contributed by atoms with Gasteiger partial charge < -0.3 is 4.74 Å². The van der Waals surface area contributed by atoms with Gasteiger partial charge in [-0.15, -0.1) is 0 Å². The molecular weight excluding hydrogens is 166 g/mol. The van der Waals surface area contributed by atoms with Crippen LogP contribution in [-0.2, 0) is 9.53 Å². The Kier molecular flexibility index (Phi) is 2.36. The van der Waals surface area contributed by atoms with Crippen molar-refractivity contribution in [1.29, 1.82) is 0 Å². The topological polar surface area (TPSA) is 38.3 Å². The minimum absolute atomic E-state index is 0.0808. The van der Waals surface area contributed by atoms with Gasteiger partial charge in [0.1, 0.15) is 6.04 Å². The van der Waals surface area contributed by atoms with Gasteiger partial charge in [0.2, 0.25) is 0 Å². The first-order valence-electron chi connectivity index (χ1n) is 4.82. The van der Waals surface area contributed by atoms with Crippen LogP contribution in [-0.4, -0.2) is 25.2 Å². The van der Waals surface area contributed by atoms with Crippen LogP contribution < -0.4 is 5.32 Å². The van der Waals surface area contributed by atoms with Crippen molar-refractivity contribution < 1.29 is 9.53 Å². The molecule has 72 valence electrons. The molecule has 1 aliphatic heterocycles. The van der Waals surface area contributed by atoms with E-state index in [0.717, 1.165) is 12.8 Å². The van der Waals surface area contributed by atoms with Gasteiger partial charge in [0.15, 0.2) is 0 Å². The summed E-state index contributed by atoms with van der Waals surface area (Å²) in [5, 5.41) is 3.28. The molecule has 1 heterocycles. The van der Waals surface area contributed by atoms with Gasteiger partial charge in [0.05, 0.1) is 7.11 Å². The molecule has 0 amide bonds. The molecule has 0 aromatic heterocycles. The number of fused-ring (bicyclic) bond motifs is 1. The Morgan fingerprint density at radius 3 is 3.15 bits per heavy atom. The van der Waals surface area contributed by atoms with Crippen molar-refractivity contribution in [3.05, 3.63) is 12.2 Å². The Morgan fingerprint density at radius 1 is 1.62 bits per heavy atom. The lowest BCUT2D eigenvalue weighted by Gasteiger charge is -2.18. The molecule has 1 aliphatic carbocycles. The molecule has 0 bridgehead atoms. The molecule has 13 heavy (non-hydrogen) atoms. The Hall–Kier alpha value is -0.830. The molecule has 0 aromatic carbocycles. The molecule has 3 heteroatoms. The zero-order valence-corrected chi connectivity index (χ0v) is 7.82. The Labute approximate surface area is 78.1 Å². The average molecular weight is 181 g/mol. The minimum Gasteiger partial charge on any atom is -0.468 e. The van der Waals surface area contributed by atoms with E-state index < -0.39 is 0 Å². The summed E-state index contributed by atoms with van der Waals surface area (Å²) in [7, 11) is 1.45. The van der Waals surface area contributed by atoms with Crippen molar-refractivity contribution in [2.45, 2.75) is 31.3 Å². The highest BCUT2D eigenvalue weighted by Crippen LogP contribution is 2.29. The fourth-order valence-corrected chi connectivity index (χ4v) is 2.26. The van der Waals surface area contributed by atoms with E-state index in [1.807, 2.05) is 0 Å². The van der Waals surface area contributed by atoms with Gasteiger partial charge in [-0.25, -0.2) is 0 Å². The maximum absolute atomic E-state index is 11.2. The molecule has 3 nitrogen and oxygen atoms in total. The second kappa shape index (κ2) is 3.50. The Balaban J connectivity index is 2.00. The Morgan fingerprint density at radius 2 is 2.46 bits per heavy atom. The molecule has 1 N–H and O–H groups in total. The predicted molar refractivity (Wildman–Crippen MR) is 49.2 cm³/mol. The number of allylic oxidation sites excluding steroid dienone is 1. The summed E-state index contributed by atoms with van der Waals surface area (Å²) in [5.41, 5.74) is 0. The van der Waals surface area contributed by atoms with E-state index in [-0.39, 0.29) is 12.0 Å². The predicted octanol–water partition coefficient (Wildman–Crippen LogP) is 0.856. The largest absolute Gasteiger partial charge is 0.468 e. The lowest BCUT2D eigenvalue weighted by Crippen LogP contribution is -2.36. The fraction of sp³-hybridized carbons (Fsp3) is 0.700. The quantitative estimate of drug-likeness (QED) is 0.481. The molecule has 0 radical (unpaired) electrons. The molecule has 3 atom stereocenters. The molecule has 0 spiro atoms. The lowest BCUT2D eigenvalue weighted by atomic mass is 9.90. The van der Waals surface area contributed by atoms with Crippen LogP contribution >= 0.6 is 0 Å². The first kappa shape index (κ1) is 8.75. The number of ether oxygens (including phenoxy) is 1. The molecule has 0 saturated carbocycles. The van der Waals surface area contributed by atoms with Gasteiger partial charge in [-0.05, 0) is 25.2 Å². The van der Waals surface area contributed by atoms with Crippen LogP contribution in [0.5, 0.6) is 0 Å². The number of nitrogens with one attached hydrogen (secondary N) is 1. The van der Waals surface area contributed by atoms with Crippen molar-refractivity contribution in [1.82, 2.24) is 5.32 Å². The van der Waals surface area contributed by atoms with Crippen LogP contribution in [0.2, 0.25) is 0 Å². The molecule has 0 aromatic rings. The standard InChI is InChI=1S/C10H15NO2/c1-13-10(12)9-6-7-4-2-3-5-8(7)11-9/h3,5,7-9,11H,2,4,6H2,1H3. The number of carbonyl (C=O) groups is 1. The summed E-state index contributed by atoms with van der Waals surface area (Å²) in [6, 6.07) is 0.320. The van der Waals surface area contributed by atoms with Crippen molar-refractivity contribution in [2.24, 2.45) is 5.92 Å². The highest BCUT2D eigenvalue weighted by molar-refractivity contribution is 5.76. The first-order valence-corrected chi connectivity index (χ1v) is 4.82. The zero-order valence-electron chi connectivity index (χ0n) is 7.82. The maximum atomic E-state index is 11.2. The van der Waals surface area contributed by atoms with Gasteiger partial charge in [0.25, 0.3) is 0 Å². The molecule has 1 fully saturated rings. The SMILES string of the molecule is COC(=O)C1CC2CCC=CC2N1. The normalized spacial score (nSPS) is 37.2. The summed E-state index contributed by atoms with van der Waals surface area (Å²) in [5.74, 6) is 0.511. The second-order valence-corrected chi connectivity index (χ2v) is 3.77. The van der Waals surface area contributed by atoms with Crippen LogP contribution in [0.3, 0.4) is 0 Å². The number of esters is 1. The molecular formula is C10H15NO2. The number of rotatable bonds is 1. The van der Waals surface area contributed by atoms with Crippen LogP contribution in [0.1, 0.15) is 19.3 Å². The van der Waals surface area contributed by atoms with Gasteiger partial charge in [-0.1, -0.05) is 12.2 Å². The number of carbonyl (C=O) groups excluding carboxylic acids is 1. The summed E-state index contributed by atoms with van der Waals surface area (Å²) in [4.78, 5) is 11.2. The smallest absolute Gasteiger partial charge is 0.322 e. The van der Waals surface area contributed by atoms with Crippen LogP contribution in [0.25, 0.3) is 0 Å². The lowest BCUT2D eigenvalue weighted by molar-refractivity contribution is -0.142. The Bertz CT molecular complexity index is 237. The molecule has 2 aliphatic rings. The van der Waals surface area contributed by atoms with E-state index in [2.05, 4.69) is 17.5 Å². The molecule has 3 unspecified atom stereocenters. The van der Waals surface area contributed by atoms with E-state index in [9.17, 15) is 4.79 Å². The third-order valence-corrected chi connectivity index (χ3v) is 2.97. The highest BCUT2D eigenvalue weighted by Gasteiger charge is 2.36. The van der Waals surface area contributed by atoms with E-state index in [0.29, 0.717) is 12.0 Å². The highest BCUT2D eigenvalue weighted by atomic mass is 16.5. The minimum atomic E-state index is -0.122. The molecule has 2 rings (SSSR count). The number of hydrogen-bond acceptors (Lipinski definition) is 3. The average Bonchev–Trinajstić information content (AvgIpc) is 2.59. The van der Waals surface area contributed by atoms with E-state index in [1.165, 1.54) is 13.5 Å². The van der Waals surface area contributed by atoms with Crippen molar-refractivity contribution in [3.8, 4) is 0 Å². The van der Waals surface area contributed by atoms with E-state index in [1.54, 1.807) is 0 Å². The number of hydrogen-bond donors (Lipinski definition) is 1. The second-order valence-electron chi connectivity index (χ2n) is 3.77. The van der Waals surface area contributed by atoms with Crippen molar-refractivity contribution in [3.63, 3.8) is 0 Å². The first-order chi connectivity index (χ1) is 6.31. The zero-order chi connectivity index (χ0) is 9.26. The van der Waals surface area contributed by atoms with Gasteiger partial charge >= 0.3 is 5.97 Å². The van der Waals surface area contributed by atoms with Crippen LogP contribution in [0.4, 0.5) is 0 Å². The van der Waals surface area contributed by atoms with Crippen LogP contribution in [0.15, 0.2) is 12.2 Å². The summed E-state index contributed by atoms with van der Waals surface area (Å²) in [6.45, 7) is 0. The summed E-state index contributed by atoms with van der Waals surface area (Å²) in [6.07, 6.45) is 7.64. The fourth-order valence-electron chi connectivity index (χ4n) is 2.26. The summed E-state index contributed by atoms with van der Waals surface area (Å²) < 4.78 is 4.71. The van der Waals surface area contributed by atoms with Gasteiger partial charge in [-0.2, -0.15) is 0 Å². The van der Waals surface area contributed by atoms with E-state index in [4.69, 9.17) is 4.74 Å². The van der Waals surface area contributed by atoms with Gasteiger partial charge in [-0.3, -0.25) is 10.1 Å². The summed E-state index contributed by atoms with van der Waals surface area (Å²) >= 11 is 0. The number of methoxy groups -OCH3 is 1.